The van der Waals surface area contributed by atoms with Crippen LogP contribution >= 0.6 is 0 Å². The second kappa shape index (κ2) is 5.68. The highest BCUT2D eigenvalue weighted by Crippen LogP contribution is 2.15. The maximum Gasteiger partial charge on any atom is 0.327 e. The number of carboxylic acids is 1. The van der Waals surface area contributed by atoms with E-state index in [-0.39, 0.29) is 6.61 Å². The maximum atomic E-state index is 11.2. The van der Waals surface area contributed by atoms with E-state index < -0.39 is 11.5 Å². The standard InChI is InChI=1S/C13H19NO3/c1-4-14-13(3,12(15)16)9-17-11-7-5-6-10(2)8-11/h5-8,14H,4,9H2,1-3H3,(H,15,16). The van der Waals surface area contributed by atoms with Crippen LogP contribution in [0.1, 0.15) is 19.4 Å². The van der Waals surface area contributed by atoms with Crippen molar-refractivity contribution in [2.75, 3.05) is 13.2 Å². The van der Waals surface area contributed by atoms with Crippen molar-refractivity contribution in [2.24, 2.45) is 0 Å². The Hall–Kier alpha value is -1.55. The molecule has 0 amide bonds. The minimum Gasteiger partial charge on any atom is -0.491 e. The molecule has 1 aromatic rings. The summed E-state index contributed by atoms with van der Waals surface area (Å²) >= 11 is 0. The fourth-order valence-corrected chi connectivity index (χ4v) is 1.51. The average molecular weight is 237 g/mol. The zero-order chi connectivity index (χ0) is 12.9. The van der Waals surface area contributed by atoms with Gasteiger partial charge in [0, 0.05) is 0 Å². The lowest BCUT2D eigenvalue weighted by Crippen LogP contribution is -2.53. The van der Waals surface area contributed by atoms with E-state index in [0.717, 1.165) is 5.56 Å². The number of ether oxygens (including phenoxy) is 1. The van der Waals surface area contributed by atoms with Gasteiger partial charge in [0.15, 0.2) is 0 Å². The van der Waals surface area contributed by atoms with E-state index in [2.05, 4.69) is 5.32 Å². The molecular formula is C13H19NO3. The molecule has 0 saturated carbocycles. The number of aliphatic carboxylic acids is 1. The second-order valence-corrected chi connectivity index (χ2v) is 4.27. The molecule has 0 aromatic heterocycles. The highest BCUT2D eigenvalue weighted by molar-refractivity contribution is 5.78. The predicted octanol–water partition coefficient (Wildman–Crippen LogP) is 1.83. The zero-order valence-electron chi connectivity index (χ0n) is 10.5. The molecule has 0 aliphatic heterocycles. The van der Waals surface area contributed by atoms with Crippen molar-refractivity contribution in [3.63, 3.8) is 0 Å². The summed E-state index contributed by atoms with van der Waals surface area (Å²) in [4.78, 5) is 11.2. The number of carboxylic acid groups (broad SMARTS) is 1. The first-order valence-electron chi connectivity index (χ1n) is 5.66. The van der Waals surface area contributed by atoms with Gasteiger partial charge in [-0.25, -0.2) is 0 Å². The fraction of sp³-hybridized carbons (Fsp3) is 0.462. The Bertz CT molecular complexity index is 392. The molecule has 2 N–H and O–H groups in total. The zero-order valence-corrected chi connectivity index (χ0v) is 10.5. The Balaban J connectivity index is 2.67. The van der Waals surface area contributed by atoms with Crippen LogP contribution < -0.4 is 10.1 Å². The summed E-state index contributed by atoms with van der Waals surface area (Å²) in [6.45, 7) is 6.13. The van der Waals surface area contributed by atoms with Gasteiger partial charge >= 0.3 is 5.97 Å². The fourth-order valence-electron chi connectivity index (χ4n) is 1.51. The highest BCUT2D eigenvalue weighted by Gasteiger charge is 2.33. The molecule has 0 radical (unpaired) electrons. The number of hydrogen-bond donors (Lipinski definition) is 2. The van der Waals surface area contributed by atoms with Gasteiger partial charge in [-0.05, 0) is 38.1 Å². The van der Waals surface area contributed by atoms with Crippen molar-refractivity contribution in [2.45, 2.75) is 26.3 Å². The van der Waals surface area contributed by atoms with Crippen molar-refractivity contribution in [1.29, 1.82) is 0 Å². The molecule has 1 aromatic carbocycles. The van der Waals surface area contributed by atoms with Gasteiger partial charge in [-0.2, -0.15) is 0 Å². The van der Waals surface area contributed by atoms with Crippen LogP contribution in [0.5, 0.6) is 5.75 Å². The molecular weight excluding hydrogens is 218 g/mol. The maximum absolute atomic E-state index is 11.2. The van der Waals surface area contributed by atoms with E-state index in [1.54, 1.807) is 6.92 Å². The van der Waals surface area contributed by atoms with Gasteiger partial charge in [0.2, 0.25) is 0 Å². The van der Waals surface area contributed by atoms with E-state index >= 15 is 0 Å². The summed E-state index contributed by atoms with van der Waals surface area (Å²) in [5, 5.41) is 12.1. The summed E-state index contributed by atoms with van der Waals surface area (Å²) in [5.74, 6) is -0.220. The molecule has 0 fully saturated rings. The number of nitrogens with one attached hydrogen (secondary N) is 1. The highest BCUT2D eigenvalue weighted by atomic mass is 16.5. The number of likely N-dealkylation sites (N-methyl/N-ethyl adjacent to an activating group) is 1. The molecule has 4 nitrogen and oxygen atoms in total. The average Bonchev–Trinajstić information content (AvgIpc) is 2.27. The molecule has 1 atom stereocenters. The van der Waals surface area contributed by atoms with Crippen LogP contribution in [0.4, 0.5) is 0 Å². The topological polar surface area (TPSA) is 58.6 Å². The van der Waals surface area contributed by atoms with Gasteiger partial charge in [0.05, 0.1) is 0 Å². The van der Waals surface area contributed by atoms with Gasteiger partial charge in [-0.15, -0.1) is 0 Å². The molecule has 0 spiro atoms. The molecule has 0 bridgehead atoms. The molecule has 17 heavy (non-hydrogen) atoms. The van der Waals surface area contributed by atoms with Gasteiger partial charge in [0.25, 0.3) is 0 Å². The van der Waals surface area contributed by atoms with Crippen molar-refractivity contribution in [3.8, 4) is 5.75 Å². The van der Waals surface area contributed by atoms with Crippen LogP contribution in [-0.4, -0.2) is 29.8 Å². The van der Waals surface area contributed by atoms with E-state index in [0.29, 0.717) is 12.3 Å². The lowest BCUT2D eigenvalue weighted by molar-refractivity contribution is -0.145. The third kappa shape index (κ3) is 3.75. The van der Waals surface area contributed by atoms with Crippen molar-refractivity contribution in [1.82, 2.24) is 5.32 Å². The van der Waals surface area contributed by atoms with Crippen LogP contribution in [-0.2, 0) is 4.79 Å². The monoisotopic (exact) mass is 237 g/mol. The normalized spacial score (nSPS) is 14.1. The lowest BCUT2D eigenvalue weighted by Gasteiger charge is -2.25. The van der Waals surface area contributed by atoms with Crippen molar-refractivity contribution < 1.29 is 14.6 Å². The number of rotatable bonds is 6. The number of benzene rings is 1. The third-order valence-electron chi connectivity index (χ3n) is 2.56. The van der Waals surface area contributed by atoms with Gasteiger partial charge in [0.1, 0.15) is 17.9 Å². The Morgan fingerprint density at radius 1 is 1.53 bits per heavy atom. The van der Waals surface area contributed by atoms with E-state index in [9.17, 15) is 4.79 Å². The van der Waals surface area contributed by atoms with Crippen LogP contribution in [0.25, 0.3) is 0 Å². The van der Waals surface area contributed by atoms with E-state index in [1.807, 2.05) is 38.1 Å². The van der Waals surface area contributed by atoms with E-state index in [4.69, 9.17) is 9.84 Å². The Morgan fingerprint density at radius 2 is 2.24 bits per heavy atom. The largest absolute Gasteiger partial charge is 0.491 e. The van der Waals surface area contributed by atoms with Crippen LogP contribution in [0.15, 0.2) is 24.3 Å². The lowest BCUT2D eigenvalue weighted by atomic mass is 10.0. The Kier molecular flexibility index (Phi) is 4.52. The van der Waals surface area contributed by atoms with Gasteiger partial charge in [-0.3, -0.25) is 10.1 Å². The number of aryl methyl sites for hydroxylation is 1. The molecule has 1 unspecified atom stereocenters. The molecule has 1 rings (SSSR count). The first-order valence-corrected chi connectivity index (χ1v) is 5.66. The Labute approximate surface area is 102 Å². The quantitative estimate of drug-likeness (QED) is 0.792. The molecule has 0 saturated heterocycles. The first-order chi connectivity index (χ1) is 7.98. The molecule has 0 aliphatic rings. The van der Waals surface area contributed by atoms with Gasteiger partial charge in [-0.1, -0.05) is 19.1 Å². The number of hydrogen-bond acceptors (Lipinski definition) is 3. The van der Waals surface area contributed by atoms with Crippen LogP contribution in [0.2, 0.25) is 0 Å². The van der Waals surface area contributed by atoms with Gasteiger partial charge < -0.3 is 9.84 Å². The Morgan fingerprint density at radius 3 is 2.76 bits per heavy atom. The molecule has 94 valence electrons. The second-order valence-electron chi connectivity index (χ2n) is 4.27. The molecule has 0 heterocycles. The number of carbonyl (C=O) groups is 1. The SMILES string of the molecule is CCNC(C)(COc1cccc(C)c1)C(=O)O. The molecule has 0 aliphatic carbocycles. The van der Waals surface area contributed by atoms with Crippen molar-refractivity contribution >= 4 is 5.97 Å². The summed E-state index contributed by atoms with van der Waals surface area (Å²) in [5.41, 5.74) is 0.0290. The van der Waals surface area contributed by atoms with Crippen LogP contribution in [0.3, 0.4) is 0 Å². The minimum atomic E-state index is -1.06. The third-order valence-corrected chi connectivity index (χ3v) is 2.56. The summed E-state index contributed by atoms with van der Waals surface area (Å²) in [7, 11) is 0. The predicted molar refractivity (Wildman–Crippen MR) is 66.4 cm³/mol. The van der Waals surface area contributed by atoms with E-state index in [1.165, 1.54) is 0 Å². The van der Waals surface area contributed by atoms with Crippen molar-refractivity contribution in [3.05, 3.63) is 29.8 Å². The van der Waals surface area contributed by atoms with Crippen LogP contribution in [0, 0.1) is 6.92 Å². The molecule has 4 heteroatoms. The summed E-state index contributed by atoms with van der Waals surface area (Å²) in [6.07, 6.45) is 0. The summed E-state index contributed by atoms with van der Waals surface area (Å²) < 4.78 is 5.52. The smallest absolute Gasteiger partial charge is 0.327 e. The summed E-state index contributed by atoms with van der Waals surface area (Å²) in [6, 6.07) is 7.55. The minimum absolute atomic E-state index is 0.0969. The first kappa shape index (κ1) is 13.5.